The molecule has 0 atom stereocenters. The van der Waals surface area contributed by atoms with Gasteiger partial charge in [-0.05, 0) is 18.8 Å². The van der Waals surface area contributed by atoms with E-state index in [1.807, 2.05) is 0 Å². The Bertz CT molecular complexity index is 235. The summed E-state index contributed by atoms with van der Waals surface area (Å²) >= 11 is 0. The van der Waals surface area contributed by atoms with Crippen molar-refractivity contribution in [2.24, 2.45) is 5.92 Å². The van der Waals surface area contributed by atoms with Crippen molar-refractivity contribution in [3.05, 3.63) is 0 Å². The molecule has 2 aliphatic carbocycles. The van der Waals surface area contributed by atoms with Gasteiger partial charge in [-0.2, -0.15) is 0 Å². The van der Waals surface area contributed by atoms with Gasteiger partial charge in [0.2, 0.25) is 0 Å². The lowest BCUT2D eigenvalue weighted by Gasteiger charge is -2.32. The highest BCUT2D eigenvalue weighted by atomic mass is 16.3. The fraction of sp³-hybridized carbons (Fsp3) is 0.929. The zero-order chi connectivity index (χ0) is 11.4. The molecule has 0 aliphatic heterocycles. The number of ketones is 1. The molecule has 0 unspecified atom stereocenters. The first-order valence-corrected chi connectivity index (χ1v) is 6.96. The summed E-state index contributed by atoms with van der Waals surface area (Å²) in [6.07, 6.45) is 11.5. The average Bonchev–Trinajstić information content (AvgIpc) is 2.31. The van der Waals surface area contributed by atoms with E-state index >= 15 is 0 Å². The molecule has 0 aromatic heterocycles. The van der Waals surface area contributed by atoms with Crippen LogP contribution in [0.3, 0.4) is 0 Å². The fourth-order valence-corrected chi connectivity index (χ4v) is 3.26. The summed E-state index contributed by atoms with van der Waals surface area (Å²) in [5, 5.41) is 10.3. The summed E-state index contributed by atoms with van der Waals surface area (Å²) in [6.45, 7) is 0. The molecule has 2 fully saturated rings. The third-order valence-electron chi connectivity index (χ3n) is 4.40. The molecule has 0 heterocycles. The van der Waals surface area contributed by atoms with E-state index in [-0.39, 0.29) is 5.78 Å². The minimum absolute atomic E-state index is 0.138. The highest BCUT2D eigenvalue weighted by Crippen LogP contribution is 2.33. The van der Waals surface area contributed by atoms with Gasteiger partial charge in [-0.3, -0.25) is 4.79 Å². The predicted molar refractivity (Wildman–Crippen MR) is 64.2 cm³/mol. The second kappa shape index (κ2) is 5.31. The molecule has 2 nitrogen and oxygen atoms in total. The second-order valence-corrected chi connectivity index (χ2v) is 5.72. The maximum atomic E-state index is 12.1. The standard InChI is InChI=1S/C14H24O2/c15-13(11-12-7-3-1-4-8-12)14(16)9-5-2-6-10-14/h12,16H,1-11H2. The van der Waals surface area contributed by atoms with Crippen LogP contribution in [0.5, 0.6) is 0 Å². The van der Waals surface area contributed by atoms with E-state index in [1.54, 1.807) is 0 Å². The molecule has 0 amide bonds. The number of aliphatic hydroxyl groups is 1. The van der Waals surface area contributed by atoms with E-state index in [9.17, 15) is 9.90 Å². The van der Waals surface area contributed by atoms with Crippen molar-refractivity contribution in [1.82, 2.24) is 0 Å². The van der Waals surface area contributed by atoms with E-state index in [4.69, 9.17) is 0 Å². The van der Waals surface area contributed by atoms with Crippen LogP contribution in [0.4, 0.5) is 0 Å². The van der Waals surface area contributed by atoms with E-state index < -0.39 is 5.60 Å². The molecule has 0 radical (unpaired) electrons. The summed E-state index contributed by atoms with van der Waals surface area (Å²) in [5.41, 5.74) is -0.949. The lowest BCUT2D eigenvalue weighted by molar-refractivity contribution is -0.141. The van der Waals surface area contributed by atoms with Crippen LogP contribution in [-0.2, 0) is 4.79 Å². The smallest absolute Gasteiger partial charge is 0.164 e. The van der Waals surface area contributed by atoms with E-state index in [1.165, 1.54) is 38.5 Å². The Kier molecular flexibility index (Phi) is 4.01. The SMILES string of the molecule is O=C(CC1CCCCC1)C1(O)CCCCC1. The monoisotopic (exact) mass is 224 g/mol. The van der Waals surface area contributed by atoms with Crippen LogP contribution in [0.25, 0.3) is 0 Å². The van der Waals surface area contributed by atoms with Gasteiger partial charge in [0.25, 0.3) is 0 Å². The summed E-state index contributed by atoms with van der Waals surface area (Å²) < 4.78 is 0. The van der Waals surface area contributed by atoms with Crippen molar-refractivity contribution in [2.75, 3.05) is 0 Å². The summed E-state index contributed by atoms with van der Waals surface area (Å²) in [6, 6.07) is 0. The number of hydrogen-bond donors (Lipinski definition) is 1. The zero-order valence-electron chi connectivity index (χ0n) is 10.2. The van der Waals surface area contributed by atoms with Gasteiger partial charge >= 0.3 is 0 Å². The van der Waals surface area contributed by atoms with Gasteiger partial charge in [-0.25, -0.2) is 0 Å². The van der Waals surface area contributed by atoms with E-state index in [0.717, 1.165) is 12.8 Å². The van der Waals surface area contributed by atoms with Gasteiger partial charge in [-0.15, -0.1) is 0 Å². The molecule has 2 aliphatic rings. The lowest BCUT2D eigenvalue weighted by atomic mass is 9.76. The Balaban J connectivity index is 1.85. The first kappa shape index (κ1) is 12.1. The summed E-state index contributed by atoms with van der Waals surface area (Å²) in [4.78, 5) is 12.1. The topological polar surface area (TPSA) is 37.3 Å². The van der Waals surface area contributed by atoms with Crippen LogP contribution in [0.1, 0.15) is 70.6 Å². The Hall–Kier alpha value is -0.370. The molecule has 0 spiro atoms. The van der Waals surface area contributed by atoms with Crippen molar-refractivity contribution in [3.8, 4) is 0 Å². The number of hydrogen-bond acceptors (Lipinski definition) is 2. The van der Waals surface area contributed by atoms with Crippen LogP contribution in [0.15, 0.2) is 0 Å². The third kappa shape index (κ3) is 2.85. The predicted octanol–water partition coefficient (Wildman–Crippen LogP) is 3.22. The maximum Gasteiger partial charge on any atom is 0.164 e. The Labute approximate surface area is 98.4 Å². The molecule has 2 rings (SSSR count). The van der Waals surface area contributed by atoms with Crippen LogP contribution in [0, 0.1) is 5.92 Å². The molecule has 92 valence electrons. The summed E-state index contributed by atoms with van der Waals surface area (Å²) in [5.74, 6) is 0.700. The highest BCUT2D eigenvalue weighted by Gasteiger charge is 2.37. The Morgan fingerprint density at radius 3 is 2.19 bits per heavy atom. The van der Waals surface area contributed by atoms with Gasteiger partial charge < -0.3 is 5.11 Å². The molecule has 0 aromatic carbocycles. The van der Waals surface area contributed by atoms with Gasteiger partial charge in [0.1, 0.15) is 5.60 Å². The van der Waals surface area contributed by atoms with Crippen molar-refractivity contribution in [3.63, 3.8) is 0 Å². The van der Waals surface area contributed by atoms with E-state index in [0.29, 0.717) is 25.2 Å². The first-order chi connectivity index (χ1) is 7.71. The number of carbonyl (C=O) groups is 1. The molecule has 2 saturated carbocycles. The second-order valence-electron chi connectivity index (χ2n) is 5.72. The number of Topliss-reactive ketones (excluding diaryl/α,β-unsaturated/α-hetero) is 1. The average molecular weight is 224 g/mol. The largest absolute Gasteiger partial charge is 0.382 e. The minimum atomic E-state index is -0.949. The first-order valence-electron chi connectivity index (χ1n) is 6.96. The number of rotatable bonds is 3. The minimum Gasteiger partial charge on any atom is -0.382 e. The lowest BCUT2D eigenvalue weighted by Crippen LogP contribution is -2.41. The quantitative estimate of drug-likeness (QED) is 0.799. The van der Waals surface area contributed by atoms with Crippen molar-refractivity contribution < 1.29 is 9.90 Å². The number of carbonyl (C=O) groups excluding carboxylic acids is 1. The normalized spacial score (nSPS) is 26.6. The molecular weight excluding hydrogens is 200 g/mol. The van der Waals surface area contributed by atoms with Gasteiger partial charge in [0.05, 0.1) is 0 Å². The van der Waals surface area contributed by atoms with Crippen molar-refractivity contribution in [1.29, 1.82) is 0 Å². The van der Waals surface area contributed by atoms with Gasteiger partial charge in [0.15, 0.2) is 5.78 Å². The zero-order valence-corrected chi connectivity index (χ0v) is 10.2. The van der Waals surface area contributed by atoms with Crippen molar-refractivity contribution in [2.45, 2.75) is 76.2 Å². The van der Waals surface area contributed by atoms with Crippen LogP contribution >= 0.6 is 0 Å². The fourth-order valence-electron chi connectivity index (χ4n) is 3.26. The van der Waals surface area contributed by atoms with Crippen LogP contribution in [-0.4, -0.2) is 16.5 Å². The third-order valence-corrected chi connectivity index (χ3v) is 4.40. The van der Waals surface area contributed by atoms with Gasteiger partial charge in [0, 0.05) is 6.42 Å². The maximum absolute atomic E-state index is 12.1. The molecule has 16 heavy (non-hydrogen) atoms. The molecule has 0 bridgehead atoms. The van der Waals surface area contributed by atoms with Crippen LogP contribution < -0.4 is 0 Å². The molecule has 0 saturated heterocycles. The Morgan fingerprint density at radius 2 is 1.56 bits per heavy atom. The summed E-state index contributed by atoms with van der Waals surface area (Å²) in [7, 11) is 0. The van der Waals surface area contributed by atoms with Crippen LogP contribution in [0.2, 0.25) is 0 Å². The highest BCUT2D eigenvalue weighted by molar-refractivity contribution is 5.87. The molecule has 0 aromatic rings. The van der Waals surface area contributed by atoms with Crippen molar-refractivity contribution >= 4 is 5.78 Å². The van der Waals surface area contributed by atoms with Gasteiger partial charge in [-0.1, -0.05) is 51.4 Å². The molecular formula is C14H24O2. The molecule has 1 N–H and O–H groups in total. The van der Waals surface area contributed by atoms with E-state index in [2.05, 4.69) is 0 Å². The Morgan fingerprint density at radius 1 is 1.00 bits per heavy atom. The molecule has 2 heteroatoms.